The number of nitrogens with one attached hydrogen (secondary N) is 1. The van der Waals surface area contributed by atoms with E-state index in [9.17, 15) is 4.39 Å². The molecule has 2 aromatic rings. The zero-order valence-electron chi connectivity index (χ0n) is 10.7. The summed E-state index contributed by atoms with van der Waals surface area (Å²) in [6, 6.07) is 10.1. The number of rotatable bonds is 5. The van der Waals surface area contributed by atoms with Gasteiger partial charge in [-0.2, -0.15) is 0 Å². The average molecular weight is 279 g/mol. The van der Waals surface area contributed by atoms with Crippen LogP contribution in [0.15, 0.2) is 42.6 Å². The molecular formula is C15H16ClFN2. The first-order valence-electron chi connectivity index (χ1n) is 6.31. The molecule has 1 heterocycles. The summed E-state index contributed by atoms with van der Waals surface area (Å²) in [5.41, 5.74) is 1.70. The Morgan fingerprint density at radius 3 is 2.79 bits per heavy atom. The van der Waals surface area contributed by atoms with Gasteiger partial charge in [-0.3, -0.25) is 4.98 Å². The highest BCUT2D eigenvalue weighted by Gasteiger charge is 2.15. The van der Waals surface area contributed by atoms with Gasteiger partial charge in [-0.1, -0.05) is 30.7 Å². The zero-order valence-corrected chi connectivity index (χ0v) is 11.5. The number of hydrogen-bond donors (Lipinski definition) is 1. The van der Waals surface area contributed by atoms with Gasteiger partial charge >= 0.3 is 0 Å². The second kappa shape index (κ2) is 6.64. The average Bonchev–Trinajstić information content (AvgIpc) is 2.41. The molecule has 0 spiro atoms. The molecule has 1 aromatic carbocycles. The number of pyridine rings is 1. The van der Waals surface area contributed by atoms with Crippen LogP contribution in [0.5, 0.6) is 0 Å². The molecule has 1 atom stereocenters. The second-order valence-corrected chi connectivity index (χ2v) is 4.78. The minimum atomic E-state index is -0.241. The van der Waals surface area contributed by atoms with E-state index >= 15 is 0 Å². The number of benzene rings is 1. The van der Waals surface area contributed by atoms with E-state index < -0.39 is 0 Å². The molecule has 4 heteroatoms. The maximum Gasteiger partial charge on any atom is 0.123 e. The first-order valence-corrected chi connectivity index (χ1v) is 6.69. The van der Waals surface area contributed by atoms with Crippen molar-refractivity contribution in [1.29, 1.82) is 0 Å². The minimum absolute atomic E-state index is 0.118. The predicted octanol–water partition coefficient (Wildman–Crippen LogP) is 3.96. The number of nitrogens with zero attached hydrogens (tertiary/aromatic N) is 1. The number of aromatic nitrogens is 1. The molecule has 100 valence electrons. The highest BCUT2D eigenvalue weighted by Crippen LogP contribution is 2.22. The molecule has 1 aromatic heterocycles. The van der Waals surface area contributed by atoms with Gasteiger partial charge in [-0.05, 0) is 42.8 Å². The maximum absolute atomic E-state index is 13.4. The summed E-state index contributed by atoms with van der Waals surface area (Å²) in [5, 5.41) is 3.97. The monoisotopic (exact) mass is 278 g/mol. The van der Waals surface area contributed by atoms with Crippen molar-refractivity contribution in [2.45, 2.75) is 19.4 Å². The van der Waals surface area contributed by atoms with Gasteiger partial charge in [0.15, 0.2) is 0 Å². The van der Waals surface area contributed by atoms with Gasteiger partial charge in [-0.15, -0.1) is 0 Å². The molecule has 0 saturated heterocycles. The highest BCUT2D eigenvalue weighted by molar-refractivity contribution is 6.30. The molecule has 0 bridgehead atoms. The van der Waals surface area contributed by atoms with Crippen LogP contribution in [-0.4, -0.2) is 11.5 Å². The van der Waals surface area contributed by atoms with E-state index in [1.165, 1.54) is 12.1 Å². The Bertz CT molecular complexity index is 528. The van der Waals surface area contributed by atoms with Crippen molar-refractivity contribution >= 4 is 11.6 Å². The SMILES string of the molecule is CCCNC(c1cccc(F)c1)c1ccc(Cl)cn1. The Morgan fingerprint density at radius 2 is 2.16 bits per heavy atom. The third-order valence-corrected chi connectivity index (χ3v) is 3.05. The normalized spacial score (nSPS) is 12.4. The summed E-state index contributed by atoms with van der Waals surface area (Å²) in [4.78, 5) is 4.32. The lowest BCUT2D eigenvalue weighted by molar-refractivity contribution is 0.576. The van der Waals surface area contributed by atoms with Crippen molar-refractivity contribution in [3.63, 3.8) is 0 Å². The van der Waals surface area contributed by atoms with Crippen molar-refractivity contribution in [3.8, 4) is 0 Å². The van der Waals surface area contributed by atoms with Crippen molar-refractivity contribution in [2.24, 2.45) is 0 Å². The summed E-state index contributed by atoms with van der Waals surface area (Å²) in [6.45, 7) is 2.93. The smallest absolute Gasteiger partial charge is 0.123 e. The van der Waals surface area contributed by atoms with Crippen LogP contribution in [-0.2, 0) is 0 Å². The van der Waals surface area contributed by atoms with E-state index in [0.717, 1.165) is 24.2 Å². The third-order valence-electron chi connectivity index (χ3n) is 2.83. The van der Waals surface area contributed by atoms with Gasteiger partial charge < -0.3 is 5.32 Å². The van der Waals surface area contributed by atoms with Crippen LogP contribution >= 0.6 is 11.6 Å². The van der Waals surface area contributed by atoms with Gasteiger partial charge in [0.05, 0.1) is 16.8 Å². The zero-order chi connectivity index (χ0) is 13.7. The Labute approximate surface area is 117 Å². The van der Waals surface area contributed by atoms with E-state index in [1.54, 1.807) is 18.3 Å². The lowest BCUT2D eigenvalue weighted by Crippen LogP contribution is -2.24. The molecular weight excluding hydrogens is 263 g/mol. The maximum atomic E-state index is 13.4. The fourth-order valence-corrected chi connectivity index (χ4v) is 2.04. The lowest BCUT2D eigenvalue weighted by Gasteiger charge is -2.18. The standard InChI is InChI=1S/C15H16ClFN2/c1-2-8-18-15(11-4-3-5-13(17)9-11)14-7-6-12(16)10-19-14/h3-7,9-10,15,18H,2,8H2,1H3. The van der Waals surface area contributed by atoms with Crippen molar-refractivity contribution in [1.82, 2.24) is 10.3 Å². The van der Waals surface area contributed by atoms with Crippen LogP contribution in [0.1, 0.15) is 30.6 Å². The van der Waals surface area contributed by atoms with Crippen molar-refractivity contribution in [3.05, 3.63) is 64.7 Å². The molecule has 0 aliphatic carbocycles. The van der Waals surface area contributed by atoms with Gasteiger partial charge in [0, 0.05) is 6.20 Å². The predicted molar refractivity (Wildman–Crippen MR) is 75.8 cm³/mol. The van der Waals surface area contributed by atoms with E-state index in [-0.39, 0.29) is 11.9 Å². The van der Waals surface area contributed by atoms with Crippen LogP contribution in [0.4, 0.5) is 4.39 Å². The largest absolute Gasteiger partial charge is 0.305 e. The summed E-state index contributed by atoms with van der Waals surface area (Å²) < 4.78 is 13.4. The van der Waals surface area contributed by atoms with Crippen LogP contribution in [0, 0.1) is 5.82 Å². The van der Waals surface area contributed by atoms with Crippen LogP contribution in [0.3, 0.4) is 0 Å². The number of halogens is 2. The summed E-state index contributed by atoms with van der Waals surface area (Å²) in [7, 11) is 0. The Morgan fingerprint density at radius 1 is 1.32 bits per heavy atom. The molecule has 0 saturated carbocycles. The summed E-state index contributed by atoms with van der Waals surface area (Å²) >= 11 is 5.85. The summed E-state index contributed by atoms with van der Waals surface area (Å²) in [6.07, 6.45) is 2.61. The molecule has 0 fully saturated rings. The third kappa shape index (κ3) is 3.75. The first-order chi connectivity index (χ1) is 9.20. The van der Waals surface area contributed by atoms with Crippen molar-refractivity contribution in [2.75, 3.05) is 6.54 Å². The first kappa shape index (κ1) is 14.0. The number of hydrogen-bond acceptors (Lipinski definition) is 2. The topological polar surface area (TPSA) is 24.9 Å². The minimum Gasteiger partial charge on any atom is -0.305 e. The molecule has 1 unspecified atom stereocenters. The van der Waals surface area contributed by atoms with E-state index in [0.29, 0.717) is 5.02 Å². The van der Waals surface area contributed by atoms with Gasteiger partial charge in [0.1, 0.15) is 5.82 Å². The molecule has 2 rings (SSSR count). The van der Waals surface area contributed by atoms with Crippen LogP contribution < -0.4 is 5.32 Å². The Hall–Kier alpha value is -1.45. The molecule has 19 heavy (non-hydrogen) atoms. The van der Waals surface area contributed by atoms with E-state index in [2.05, 4.69) is 17.2 Å². The Kier molecular flexibility index (Phi) is 4.88. The molecule has 2 nitrogen and oxygen atoms in total. The van der Waals surface area contributed by atoms with Gasteiger partial charge in [0.25, 0.3) is 0 Å². The Balaban J connectivity index is 2.32. The summed E-state index contributed by atoms with van der Waals surface area (Å²) in [5.74, 6) is -0.241. The lowest BCUT2D eigenvalue weighted by atomic mass is 10.0. The fraction of sp³-hybridized carbons (Fsp3) is 0.267. The quantitative estimate of drug-likeness (QED) is 0.895. The van der Waals surface area contributed by atoms with Gasteiger partial charge in [0.2, 0.25) is 0 Å². The molecule has 0 aliphatic rings. The second-order valence-electron chi connectivity index (χ2n) is 4.34. The van der Waals surface area contributed by atoms with Crippen LogP contribution in [0.2, 0.25) is 5.02 Å². The molecule has 0 amide bonds. The molecule has 0 radical (unpaired) electrons. The highest BCUT2D eigenvalue weighted by atomic mass is 35.5. The van der Waals surface area contributed by atoms with Crippen molar-refractivity contribution < 1.29 is 4.39 Å². The molecule has 0 aliphatic heterocycles. The fourth-order valence-electron chi connectivity index (χ4n) is 1.93. The van der Waals surface area contributed by atoms with E-state index in [4.69, 9.17) is 11.6 Å². The van der Waals surface area contributed by atoms with Gasteiger partial charge in [-0.25, -0.2) is 4.39 Å². The van der Waals surface area contributed by atoms with E-state index in [1.807, 2.05) is 12.1 Å². The van der Waals surface area contributed by atoms with Crippen LogP contribution in [0.25, 0.3) is 0 Å². The molecule has 1 N–H and O–H groups in total.